The van der Waals surface area contributed by atoms with Crippen molar-refractivity contribution < 1.29 is 19.1 Å². The first kappa shape index (κ1) is 14.2. The number of aromatic carboxylic acids is 1. The van der Waals surface area contributed by atoms with Gasteiger partial charge in [0.05, 0.1) is 5.00 Å². The fourth-order valence-electron chi connectivity index (χ4n) is 1.67. The minimum atomic E-state index is -1.03. The molecule has 1 heterocycles. The average molecular weight is 293 g/mol. The number of benzene rings is 1. The van der Waals surface area contributed by atoms with Crippen LogP contribution in [0.15, 0.2) is 24.3 Å². The number of nitrogens with one attached hydrogen (secondary N) is 1. The SMILES string of the molecule is Cc1ccc(C(=O)Nc2cc(C)c(C(=O)O)s2)cc1F. The number of amides is 1. The Balaban J connectivity index is 2.21. The van der Waals surface area contributed by atoms with Crippen LogP contribution in [0.1, 0.15) is 31.2 Å². The maximum absolute atomic E-state index is 13.4. The lowest BCUT2D eigenvalue weighted by atomic mass is 10.1. The molecule has 0 aliphatic rings. The Labute approximate surface area is 118 Å². The first-order chi connectivity index (χ1) is 9.38. The summed E-state index contributed by atoms with van der Waals surface area (Å²) in [5.41, 5.74) is 1.23. The number of thiophene rings is 1. The van der Waals surface area contributed by atoms with E-state index < -0.39 is 17.7 Å². The second-order valence-corrected chi connectivity index (χ2v) is 5.40. The van der Waals surface area contributed by atoms with E-state index in [1.54, 1.807) is 19.9 Å². The molecule has 2 N–H and O–H groups in total. The molecule has 4 nitrogen and oxygen atoms in total. The number of carbonyl (C=O) groups excluding carboxylic acids is 1. The number of carbonyl (C=O) groups is 2. The van der Waals surface area contributed by atoms with Crippen LogP contribution in [0, 0.1) is 19.7 Å². The van der Waals surface area contributed by atoms with Crippen molar-refractivity contribution in [2.75, 3.05) is 5.32 Å². The maximum Gasteiger partial charge on any atom is 0.346 e. The van der Waals surface area contributed by atoms with Gasteiger partial charge in [0, 0.05) is 5.56 Å². The molecule has 0 fully saturated rings. The number of halogens is 1. The highest BCUT2D eigenvalue weighted by atomic mass is 32.1. The van der Waals surface area contributed by atoms with E-state index in [4.69, 9.17) is 5.11 Å². The first-order valence-electron chi connectivity index (χ1n) is 5.79. The third-order valence-corrected chi connectivity index (χ3v) is 3.92. The van der Waals surface area contributed by atoms with Crippen LogP contribution in [-0.4, -0.2) is 17.0 Å². The number of anilines is 1. The van der Waals surface area contributed by atoms with Gasteiger partial charge in [0.15, 0.2) is 0 Å². The molecule has 104 valence electrons. The summed E-state index contributed by atoms with van der Waals surface area (Å²) in [4.78, 5) is 23.0. The molecule has 0 spiro atoms. The summed E-state index contributed by atoms with van der Waals surface area (Å²) in [5, 5.41) is 11.9. The molecule has 0 saturated carbocycles. The third kappa shape index (κ3) is 2.85. The van der Waals surface area contributed by atoms with E-state index in [1.807, 2.05) is 0 Å². The molecule has 0 aliphatic carbocycles. The highest BCUT2D eigenvalue weighted by molar-refractivity contribution is 7.18. The van der Waals surface area contributed by atoms with Crippen molar-refractivity contribution in [2.45, 2.75) is 13.8 Å². The van der Waals surface area contributed by atoms with Crippen molar-refractivity contribution in [3.8, 4) is 0 Å². The van der Waals surface area contributed by atoms with Crippen molar-refractivity contribution in [1.82, 2.24) is 0 Å². The summed E-state index contributed by atoms with van der Waals surface area (Å²) in [7, 11) is 0. The van der Waals surface area contributed by atoms with Crippen LogP contribution in [0.3, 0.4) is 0 Å². The van der Waals surface area contributed by atoms with Crippen LogP contribution < -0.4 is 5.32 Å². The van der Waals surface area contributed by atoms with Gasteiger partial charge in [-0.2, -0.15) is 0 Å². The Morgan fingerprint density at radius 3 is 2.45 bits per heavy atom. The van der Waals surface area contributed by atoms with Gasteiger partial charge in [0.2, 0.25) is 0 Å². The number of hydrogen-bond donors (Lipinski definition) is 2. The number of carboxylic acid groups (broad SMARTS) is 1. The zero-order valence-corrected chi connectivity index (χ0v) is 11.7. The fourth-order valence-corrected chi connectivity index (χ4v) is 2.58. The molecule has 1 aromatic carbocycles. The van der Waals surface area contributed by atoms with Gasteiger partial charge in [-0.25, -0.2) is 9.18 Å². The lowest BCUT2D eigenvalue weighted by Crippen LogP contribution is -2.11. The summed E-state index contributed by atoms with van der Waals surface area (Å²) in [6.45, 7) is 3.26. The molecule has 0 atom stereocenters. The molecule has 0 bridgehead atoms. The molecule has 20 heavy (non-hydrogen) atoms. The summed E-state index contributed by atoms with van der Waals surface area (Å²) in [6, 6.07) is 5.78. The zero-order valence-electron chi connectivity index (χ0n) is 10.9. The van der Waals surface area contributed by atoms with Crippen molar-refractivity contribution in [3.05, 3.63) is 51.7 Å². The van der Waals surface area contributed by atoms with Crippen molar-refractivity contribution in [3.63, 3.8) is 0 Å². The quantitative estimate of drug-likeness (QED) is 0.910. The van der Waals surface area contributed by atoms with Gasteiger partial charge in [-0.3, -0.25) is 4.79 Å². The molecule has 0 radical (unpaired) electrons. The Kier molecular flexibility index (Phi) is 3.85. The second kappa shape index (κ2) is 5.42. The van der Waals surface area contributed by atoms with Crippen molar-refractivity contribution in [2.24, 2.45) is 0 Å². The van der Waals surface area contributed by atoms with Crippen LogP contribution in [-0.2, 0) is 0 Å². The summed E-state index contributed by atoms with van der Waals surface area (Å²) in [5.74, 6) is -1.96. The lowest BCUT2D eigenvalue weighted by molar-refractivity contribution is 0.0701. The maximum atomic E-state index is 13.4. The third-order valence-electron chi connectivity index (χ3n) is 2.78. The van der Waals surface area contributed by atoms with Gasteiger partial charge in [-0.15, -0.1) is 11.3 Å². The monoisotopic (exact) mass is 293 g/mol. The average Bonchev–Trinajstić information content (AvgIpc) is 2.73. The Bertz CT molecular complexity index is 694. The van der Waals surface area contributed by atoms with Crippen molar-refractivity contribution >= 4 is 28.2 Å². The van der Waals surface area contributed by atoms with Crippen LogP contribution in [0.2, 0.25) is 0 Å². The van der Waals surface area contributed by atoms with Crippen LogP contribution in [0.5, 0.6) is 0 Å². The van der Waals surface area contributed by atoms with E-state index >= 15 is 0 Å². The van der Waals surface area contributed by atoms with E-state index in [-0.39, 0.29) is 10.4 Å². The highest BCUT2D eigenvalue weighted by Gasteiger charge is 2.15. The van der Waals surface area contributed by atoms with Crippen molar-refractivity contribution in [1.29, 1.82) is 0 Å². The van der Waals surface area contributed by atoms with E-state index in [1.165, 1.54) is 12.1 Å². The van der Waals surface area contributed by atoms with E-state index in [2.05, 4.69) is 5.32 Å². The van der Waals surface area contributed by atoms with E-state index in [0.29, 0.717) is 16.1 Å². The lowest BCUT2D eigenvalue weighted by Gasteiger charge is -2.03. The van der Waals surface area contributed by atoms with Crippen LogP contribution in [0.4, 0.5) is 9.39 Å². The smallest absolute Gasteiger partial charge is 0.346 e. The Morgan fingerprint density at radius 1 is 1.20 bits per heavy atom. The van der Waals surface area contributed by atoms with Crippen LogP contribution >= 0.6 is 11.3 Å². The topological polar surface area (TPSA) is 66.4 Å². The molecule has 0 saturated heterocycles. The first-order valence-corrected chi connectivity index (χ1v) is 6.61. The highest BCUT2D eigenvalue weighted by Crippen LogP contribution is 2.27. The summed E-state index contributed by atoms with van der Waals surface area (Å²) >= 11 is 0.973. The van der Waals surface area contributed by atoms with Gasteiger partial charge >= 0.3 is 5.97 Å². The molecule has 0 unspecified atom stereocenters. The molecule has 1 amide bonds. The van der Waals surface area contributed by atoms with Gasteiger partial charge in [0.1, 0.15) is 10.7 Å². The predicted octanol–water partition coefficient (Wildman–Crippen LogP) is 3.45. The van der Waals surface area contributed by atoms with Gasteiger partial charge in [-0.05, 0) is 43.2 Å². The summed E-state index contributed by atoms with van der Waals surface area (Å²) < 4.78 is 13.4. The van der Waals surface area contributed by atoms with E-state index in [0.717, 1.165) is 17.4 Å². The molecular weight excluding hydrogens is 281 g/mol. The minimum Gasteiger partial charge on any atom is -0.477 e. The van der Waals surface area contributed by atoms with E-state index in [9.17, 15) is 14.0 Å². The molecule has 6 heteroatoms. The van der Waals surface area contributed by atoms with Gasteiger partial charge < -0.3 is 10.4 Å². The molecular formula is C14H12FNO3S. The van der Waals surface area contributed by atoms with Gasteiger partial charge in [0.25, 0.3) is 5.91 Å². The molecule has 2 aromatic rings. The predicted molar refractivity (Wildman–Crippen MR) is 75.1 cm³/mol. The number of aryl methyl sites for hydroxylation is 2. The standard InChI is InChI=1S/C14H12FNO3S/c1-7-3-4-9(6-10(7)15)13(17)16-11-5-8(2)12(20-11)14(18)19/h3-6H,1-2H3,(H,16,17)(H,18,19). The zero-order chi connectivity index (χ0) is 14.9. The molecule has 0 aliphatic heterocycles. The number of carboxylic acids is 1. The Hall–Kier alpha value is -2.21. The molecule has 1 aromatic heterocycles. The molecule has 2 rings (SSSR count). The number of hydrogen-bond acceptors (Lipinski definition) is 3. The summed E-state index contributed by atoms with van der Waals surface area (Å²) in [6.07, 6.45) is 0. The fraction of sp³-hybridized carbons (Fsp3) is 0.143. The number of rotatable bonds is 3. The normalized spacial score (nSPS) is 10.3. The minimum absolute atomic E-state index is 0.176. The largest absolute Gasteiger partial charge is 0.477 e. The Morgan fingerprint density at radius 2 is 1.90 bits per heavy atom. The van der Waals surface area contributed by atoms with Crippen LogP contribution in [0.25, 0.3) is 0 Å². The van der Waals surface area contributed by atoms with Gasteiger partial charge in [-0.1, -0.05) is 6.07 Å². The second-order valence-electron chi connectivity index (χ2n) is 4.35.